The van der Waals surface area contributed by atoms with Gasteiger partial charge in [-0.3, -0.25) is 0 Å². The highest BCUT2D eigenvalue weighted by Gasteiger charge is 2.01. The number of aliphatic hydroxyl groups is 1. The van der Waals surface area contributed by atoms with Gasteiger partial charge in [-0.05, 0) is 19.8 Å². The van der Waals surface area contributed by atoms with Gasteiger partial charge in [-0.2, -0.15) is 0 Å². The molecule has 0 bridgehead atoms. The van der Waals surface area contributed by atoms with Gasteiger partial charge in [0, 0.05) is 19.2 Å². The second-order valence-corrected chi connectivity index (χ2v) is 3.60. The van der Waals surface area contributed by atoms with Crippen molar-refractivity contribution in [2.24, 2.45) is 0 Å². The summed E-state index contributed by atoms with van der Waals surface area (Å²) in [7, 11) is 0. The van der Waals surface area contributed by atoms with E-state index in [0.717, 1.165) is 37.6 Å². The summed E-state index contributed by atoms with van der Waals surface area (Å²) in [6, 6.07) is 1.86. The lowest BCUT2D eigenvalue weighted by Crippen LogP contribution is -2.13. The average molecular weight is 224 g/mol. The molecule has 0 aromatic carbocycles. The summed E-state index contributed by atoms with van der Waals surface area (Å²) in [4.78, 5) is 8.18. The van der Waals surface area contributed by atoms with Crippen molar-refractivity contribution in [2.45, 2.75) is 32.8 Å². The molecule has 0 amide bonds. The van der Waals surface area contributed by atoms with Crippen LogP contribution in [0.4, 0.5) is 11.6 Å². The number of nitrogens with one attached hydrogen (secondary N) is 2. The molecule has 0 fully saturated rings. The molecule has 0 radical (unpaired) electrons. The Hall–Kier alpha value is -1.36. The maximum absolute atomic E-state index is 9.39. The molecule has 1 heterocycles. The fraction of sp³-hybridized carbons (Fsp3) is 0.636. The molecular weight excluding hydrogens is 204 g/mol. The maximum Gasteiger partial charge on any atom is 0.131 e. The Morgan fingerprint density at radius 3 is 2.56 bits per heavy atom. The molecule has 1 unspecified atom stereocenters. The lowest BCUT2D eigenvalue weighted by atomic mass is 10.2. The van der Waals surface area contributed by atoms with Gasteiger partial charge in [0.15, 0.2) is 0 Å². The molecule has 3 N–H and O–H groups in total. The molecular formula is C11H20N4O. The SMILES string of the molecule is CCNc1cc(NCCC(O)CC)ncn1. The molecule has 0 aliphatic carbocycles. The minimum absolute atomic E-state index is 0.234. The normalized spacial score (nSPS) is 12.2. The molecule has 0 aliphatic rings. The zero-order valence-electron chi connectivity index (χ0n) is 9.90. The molecule has 1 atom stereocenters. The van der Waals surface area contributed by atoms with Crippen LogP contribution in [-0.2, 0) is 0 Å². The third-order valence-corrected chi connectivity index (χ3v) is 2.28. The lowest BCUT2D eigenvalue weighted by Gasteiger charge is -2.09. The summed E-state index contributed by atoms with van der Waals surface area (Å²) >= 11 is 0. The molecule has 1 aromatic heterocycles. The van der Waals surface area contributed by atoms with Crippen LogP contribution in [0.3, 0.4) is 0 Å². The molecule has 1 aromatic rings. The number of rotatable bonds is 7. The van der Waals surface area contributed by atoms with E-state index in [1.165, 1.54) is 6.33 Å². The molecule has 0 spiro atoms. The van der Waals surface area contributed by atoms with Crippen LogP contribution in [0.1, 0.15) is 26.7 Å². The minimum Gasteiger partial charge on any atom is -0.393 e. The predicted molar refractivity (Wildman–Crippen MR) is 65.6 cm³/mol. The number of hydrogen-bond acceptors (Lipinski definition) is 5. The van der Waals surface area contributed by atoms with Crippen molar-refractivity contribution in [3.05, 3.63) is 12.4 Å². The van der Waals surface area contributed by atoms with E-state index in [2.05, 4.69) is 20.6 Å². The largest absolute Gasteiger partial charge is 0.393 e. The van der Waals surface area contributed by atoms with E-state index in [9.17, 15) is 5.11 Å². The zero-order chi connectivity index (χ0) is 11.8. The van der Waals surface area contributed by atoms with Gasteiger partial charge < -0.3 is 15.7 Å². The van der Waals surface area contributed by atoms with Crippen molar-refractivity contribution in [3.8, 4) is 0 Å². The van der Waals surface area contributed by atoms with Crippen molar-refractivity contribution in [2.75, 3.05) is 23.7 Å². The lowest BCUT2D eigenvalue weighted by molar-refractivity contribution is 0.164. The van der Waals surface area contributed by atoms with Gasteiger partial charge in [-0.1, -0.05) is 6.92 Å². The van der Waals surface area contributed by atoms with Crippen LogP contribution in [0.5, 0.6) is 0 Å². The van der Waals surface area contributed by atoms with Crippen LogP contribution in [0, 0.1) is 0 Å². The number of aromatic nitrogens is 2. The maximum atomic E-state index is 9.39. The Balaban J connectivity index is 2.38. The highest BCUT2D eigenvalue weighted by Crippen LogP contribution is 2.08. The van der Waals surface area contributed by atoms with Gasteiger partial charge in [0.2, 0.25) is 0 Å². The van der Waals surface area contributed by atoms with Crippen molar-refractivity contribution < 1.29 is 5.11 Å². The first-order chi connectivity index (χ1) is 7.76. The van der Waals surface area contributed by atoms with Crippen LogP contribution in [-0.4, -0.2) is 34.3 Å². The van der Waals surface area contributed by atoms with Crippen LogP contribution >= 0.6 is 0 Å². The third kappa shape index (κ3) is 4.44. The molecule has 16 heavy (non-hydrogen) atoms. The predicted octanol–water partition coefficient (Wildman–Crippen LogP) is 1.48. The standard InChI is InChI=1S/C11H20N4O/c1-3-9(16)5-6-13-11-7-10(12-4-2)14-8-15-11/h7-9,16H,3-6H2,1-2H3,(H2,12,13,14,15). The topological polar surface area (TPSA) is 70.1 Å². The minimum atomic E-state index is -0.234. The molecule has 1 rings (SSSR count). The smallest absolute Gasteiger partial charge is 0.131 e. The van der Waals surface area contributed by atoms with E-state index in [-0.39, 0.29) is 6.10 Å². The van der Waals surface area contributed by atoms with Gasteiger partial charge in [-0.25, -0.2) is 9.97 Å². The van der Waals surface area contributed by atoms with Crippen molar-refractivity contribution in [1.82, 2.24) is 9.97 Å². The summed E-state index contributed by atoms with van der Waals surface area (Å²) < 4.78 is 0. The van der Waals surface area contributed by atoms with Crippen molar-refractivity contribution in [3.63, 3.8) is 0 Å². The molecule has 90 valence electrons. The number of aliphatic hydroxyl groups excluding tert-OH is 1. The van der Waals surface area contributed by atoms with E-state index in [0.29, 0.717) is 0 Å². The highest BCUT2D eigenvalue weighted by molar-refractivity contribution is 5.46. The van der Waals surface area contributed by atoms with E-state index in [1.807, 2.05) is 19.9 Å². The first kappa shape index (κ1) is 12.7. The first-order valence-electron chi connectivity index (χ1n) is 5.74. The van der Waals surface area contributed by atoms with E-state index in [4.69, 9.17) is 0 Å². The van der Waals surface area contributed by atoms with Crippen LogP contribution in [0.25, 0.3) is 0 Å². The molecule has 5 nitrogen and oxygen atoms in total. The number of anilines is 2. The summed E-state index contributed by atoms with van der Waals surface area (Å²) in [5.74, 6) is 1.60. The molecule has 5 heteroatoms. The van der Waals surface area contributed by atoms with Crippen molar-refractivity contribution in [1.29, 1.82) is 0 Å². The average Bonchev–Trinajstić information content (AvgIpc) is 2.30. The Morgan fingerprint density at radius 1 is 1.25 bits per heavy atom. The van der Waals surface area contributed by atoms with Gasteiger partial charge in [0.25, 0.3) is 0 Å². The Kier molecular flexibility index (Phi) is 5.56. The molecule has 0 saturated carbocycles. The molecule has 0 saturated heterocycles. The molecule has 0 aliphatic heterocycles. The van der Waals surface area contributed by atoms with Gasteiger partial charge in [0.1, 0.15) is 18.0 Å². The van der Waals surface area contributed by atoms with Crippen LogP contribution < -0.4 is 10.6 Å². The second-order valence-electron chi connectivity index (χ2n) is 3.60. The zero-order valence-corrected chi connectivity index (χ0v) is 9.90. The fourth-order valence-electron chi connectivity index (χ4n) is 1.30. The Labute approximate surface area is 96.3 Å². The summed E-state index contributed by atoms with van der Waals surface area (Å²) in [6.45, 7) is 5.55. The monoisotopic (exact) mass is 224 g/mol. The number of nitrogens with zero attached hydrogens (tertiary/aromatic N) is 2. The third-order valence-electron chi connectivity index (χ3n) is 2.28. The van der Waals surface area contributed by atoms with E-state index >= 15 is 0 Å². The van der Waals surface area contributed by atoms with Gasteiger partial charge >= 0.3 is 0 Å². The summed E-state index contributed by atoms with van der Waals surface area (Å²) in [5.41, 5.74) is 0. The quantitative estimate of drug-likeness (QED) is 0.654. The van der Waals surface area contributed by atoms with E-state index in [1.54, 1.807) is 0 Å². The van der Waals surface area contributed by atoms with E-state index < -0.39 is 0 Å². The highest BCUT2D eigenvalue weighted by atomic mass is 16.3. The summed E-state index contributed by atoms with van der Waals surface area (Å²) in [5, 5.41) is 15.7. The fourth-order valence-corrected chi connectivity index (χ4v) is 1.30. The van der Waals surface area contributed by atoms with Gasteiger partial charge in [-0.15, -0.1) is 0 Å². The first-order valence-corrected chi connectivity index (χ1v) is 5.74. The van der Waals surface area contributed by atoms with Crippen LogP contribution in [0.2, 0.25) is 0 Å². The van der Waals surface area contributed by atoms with Gasteiger partial charge in [0.05, 0.1) is 6.10 Å². The Morgan fingerprint density at radius 2 is 1.94 bits per heavy atom. The number of hydrogen-bond donors (Lipinski definition) is 3. The Bertz CT molecular complexity index is 306. The summed E-state index contributed by atoms with van der Waals surface area (Å²) in [6.07, 6.45) is 2.81. The van der Waals surface area contributed by atoms with Crippen molar-refractivity contribution >= 4 is 11.6 Å². The van der Waals surface area contributed by atoms with Crippen LogP contribution in [0.15, 0.2) is 12.4 Å². The second kappa shape index (κ2) is 7.00.